The lowest BCUT2D eigenvalue weighted by molar-refractivity contribution is -0.384. The van der Waals surface area contributed by atoms with Crippen LogP contribution < -0.4 is 10.3 Å². The molecular weight excluding hydrogens is 460 g/mol. The number of aromatic amines is 1. The Kier molecular flexibility index (Phi) is 6.08. The number of nitrogens with one attached hydrogen (secondary N) is 1. The van der Waals surface area contributed by atoms with Crippen LogP contribution in [0.3, 0.4) is 0 Å². The van der Waals surface area contributed by atoms with Crippen LogP contribution in [0.1, 0.15) is 22.6 Å². The van der Waals surface area contributed by atoms with Crippen LogP contribution >= 0.6 is 11.6 Å². The standard InChI is InChI=1S/C23H21ClN6O4/c1-13-19(23(31)29(26-13)18-9-10-20(24)21(11-18)34-4)12-25-22-14(2)27-28(15(22)3)16-5-7-17(8-6-16)30(32)33/h5-12,26H,1-4H3. The second-order valence-electron chi connectivity index (χ2n) is 7.57. The summed E-state index contributed by atoms with van der Waals surface area (Å²) >= 11 is 6.09. The van der Waals surface area contributed by atoms with Gasteiger partial charge in [-0.05, 0) is 45.0 Å². The predicted molar refractivity (Wildman–Crippen MR) is 130 cm³/mol. The molecule has 0 atom stereocenters. The molecule has 174 valence electrons. The van der Waals surface area contributed by atoms with Gasteiger partial charge in [0, 0.05) is 30.1 Å². The monoisotopic (exact) mass is 480 g/mol. The van der Waals surface area contributed by atoms with Crippen LogP contribution in [0.15, 0.2) is 52.3 Å². The van der Waals surface area contributed by atoms with Crippen molar-refractivity contribution >= 4 is 29.2 Å². The molecule has 0 aliphatic heterocycles. The lowest BCUT2D eigenvalue weighted by atomic mass is 10.2. The van der Waals surface area contributed by atoms with Gasteiger partial charge in [0.05, 0.1) is 45.4 Å². The Bertz CT molecular complexity index is 1480. The van der Waals surface area contributed by atoms with Crippen LogP contribution in [-0.2, 0) is 0 Å². The Morgan fingerprint density at radius 1 is 1.15 bits per heavy atom. The largest absolute Gasteiger partial charge is 0.495 e. The first-order chi connectivity index (χ1) is 16.2. The Morgan fingerprint density at radius 2 is 1.82 bits per heavy atom. The number of non-ortho nitro benzene ring substituents is 1. The van der Waals surface area contributed by atoms with E-state index in [0.29, 0.717) is 44.8 Å². The number of aromatic nitrogens is 4. The number of halogens is 1. The fourth-order valence-corrected chi connectivity index (χ4v) is 3.79. The van der Waals surface area contributed by atoms with Crippen molar-refractivity contribution in [2.24, 2.45) is 4.99 Å². The fraction of sp³-hybridized carbons (Fsp3) is 0.174. The molecule has 0 spiro atoms. The summed E-state index contributed by atoms with van der Waals surface area (Å²) in [4.78, 5) is 28.1. The maximum absolute atomic E-state index is 13.1. The van der Waals surface area contributed by atoms with Crippen LogP contribution in [0.4, 0.5) is 11.4 Å². The van der Waals surface area contributed by atoms with E-state index in [-0.39, 0.29) is 11.2 Å². The van der Waals surface area contributed by atoms with E-state index in [4.69, 9.17) is 16.3 Å². The van der Waals surface area contributed by atoms with E-state index >= 15 is 0 Å². The number of hydrogen-bond acceptors (Lipinski definition) is 6. The van der Waals surface area contributed by atoms with E-state index < -0.39 is 4.92 Å². The lowest BCUT2D eigenvalue weighted by Gasteiger charge is -2.06. The van der Waals surface area contributed by atoms with Gasteiger partial charge >= 0.3 is 0 Å². The highest BCUT2D eigenvalue weighted by Gasteiger charge is 2.16. The quantitative estimate of drug-likeness (QED) is 0.245. The van der Waals surface area contributed by atoms with E-state index in [1.807, 2.05) is 13.8 Å². The smallest absolute Gasteiger partial charge is 0.280 e. The molecule has 1 N–H and O–H groups in total. The van der Waals surface area contributed by atoms with Gasteiger partial charge in [-0.1, -0.05) is 11.6 Å². The van der Waals surface area contributed by atoms with Crippen molar-refractivity contribution in [2.45, 2.75) is 20.8 Å². The first-order valence-corrected chi connectivity index (χ1v) is 10.6. The van der Waals surface area contributed by atoms with Gasteiger partial charge in [0.15, 0.2) is 0 Å². The van der Waals surface area contributed by atoms with Crippen LogP contribution in [0.5, 0.6) is 5.75 Å². The van der Waals surface area contributed by atoms with E-state index in [2.05, 4.69) is 15.2 Å². The van der Waals surface area contributed by atoms with Crippen molar-refractivity contribution in [3.05, 3.63) is 90.6 Å². The molecule has 2 aromatic carbocycles. The highest BCUT2D eigenvalue weighted by molar-refractivity contribution is 6.32. The van der Waals surface area contributed by atoms with Gasteiger partial charge in [0.1, 0.15) is 11.4 Å². The minimum Gasteiger partial charge on any atom is -0.495 e. The highest BCUT2D eigenvalue weighted by atomic mass is 35.5. The van der Waals surface area contributed by atoms with Gasteiger partial charge < -0.3 is 4.74 Å². The summed E-state index contributed by atoms with van der Waals surface area (Å²) in [7, 11) is 1.51. The van der Waals surface area contributed by atoms with Gasteiger partial charge in [-0.15, -0.1) is 0 Å². The molecule has 0 bridgehead atoms. The van der Waals surface area contributed by atoms with E-state index in [1.54, 1.807) is 41.9 Å². The second kappa shape index (κ2) is 8.99. The van der Waals surface area contributed by atoms with Crippen molar-refractivity contribution in [1.82, 2.24) is 19.6 Å². The summed E-state index contributed by atoms with van der Waals surface area (Å²) in [6.07, 6.45) is 1.51. The Balaban J connectivity index is 1.69. The number of methoxy groups -OCH3 is 1. The van der Waals surface area contributed by atoms with Gasteiger partial charge in [0.2, 0.25) is 0 Å². The van der Waals surface area contributed by atoms with Crippen LogP contribution in [0, 0.1) is 30.9 Å². The average molecular weight is 481 g/mol. The molecule has 0 unspecified atom stereocenters. The molecule has 0 aliphatic rings. The van der Waals surface area contributed by atoms with Gasteiger partial charge in [-0.3, -0.25) is 25.0 Å². The van der Waals surface area contributed by atoms with Crippen molar-refractivity contribution in [2.75, 3.05) is 7.11 Å². The summed E-state index contributed by atoms with van der Waals surface area (Å²) in [6.45, 7) is 5.44. The normalized spacial score (nSPS) is 11.3. The topological polar surface area (TPSA) is 120 Å². The minimum atomic E-state index is -0.452. The van der Waals surface area contributed by atoms with Gasteiger partial charge in [0.25, 0.3) is 11.2 Å². The second-order valence-corrected chi connectivity index (χ2v) is 7.98. The maximum atomic E-state index is 13.1. The molecule has 0 aliphatic carbocycles. The number of aliphatic imine (C=N–C) groups is 1. The van der Waals surface area contributed by atoms with E-state index in [1.165, 1.54) is 30.1 Å². The Hall–Kier alpha value is -4.18. The molecular formula is C23H21ClN6O4. The van der Waals surface area contributed by atoms with Crippen molar-refractivity contribution in [1.29, 1.82) is 0 Å². The summed E-state index contributed by atoms with van der Waals surface area (Å²) < 4.78 is 8.30. The summed E-state index contributed by atoms with van der Waals surface area (Å²) in [5, 5.41) is 18.9. The lowest BCUT2D eigenvalue weighted by Crippen LogP contribution is -2.17. The number of hydrogen-bond donors (Lipinski definition) is 1. The maximum Gasteiger partial charge on any atom is 0.280 e. The van der Waals surface area contributed by atoms with Crippen LogP contribution in [0.25, 0.3) is 11.4 Å². The predicted octanol–water partition coefficient (Wildman–Crippen LogP) is 4.60. The fourth-order valence-electron chi connectivity index (χ4n) is 3.60. The number of H-pyrrole nitrogens is 1. The third-order valence-electron chi connectivity index (χ3n) is 5.39. The first-order valence-electron chi connectivity index (χ1n) is 10.2. The Labute approximate surface area is 199 Å². The molecule has 34 heavy (non-hydrogen) atoms. The molecule has 11 heteroatoms. The summed E-state index contributed by atoms with van der Waals surface area (Å²) in [5.41, 5.74) is 4.01. The zero-order valence-electron chi connectivity index (χ0n) is 18.9. The zero-order chi connectivity index (χ0) is 24.6. The van der Waals surface area contributed by atoms with Gasteiger partial charge in [-0.25, -0.2) is 9.36 Å². The first kappa shape index (κ1) is 23.0. The molecule has 4 rings (SSSR count). The molecule has 4 aromatic rings. The van der Waals surface area contributed by atoms with Crippen LogP contribution in [-0.4, -0.2) is 37.8 Å². The van der Waals surface area contributed by atoms with Crippen LogP contribution in [0.2, 0.25) is 5.02 Å². The SMILES string of the molecule is COc1cc(-n2[nH]c(C)c(C=Nc3c(C)nn(-c4ccc([N+](=O)[O-])cc4)c3C)c2=O)ccc1Cl. The van der Waals surface area contributed by atoms with Crippen molar-refractivity contribution in [3.8, 4) is 17.1 Å². The number of ether oxygens (including phenoxy) is 1. The number of rotatable bonds is 6. The molecule has 2 heterocycles. The minimum absolute atomic E-state index is 0.000968. The third-order valence-corrected chi connectivity index (χ3v) is 5.70. The molecule has 0 amide bonds. The van der Waals surface area contributed by atoms with Crippen molar-refractivity contribution < 1.29 is 9.66 Å². The molecule has 0 radical (unpaired) electrons. The number of benzene rings is 2. The number of nitro groups is 1. The van der Waals surface area contributed by atoms with E-state index in [0.717, 1.165) is 5.69 Å². The van der Waals surface area contributed by atoms with Gasteiger partial charge in [-0.2, -0.15) is 5.10 Å². The third kappa shape index (κ3) is 4.11. The molecule has 0 saturated carbocycles. The summed E-state index contributed by atoms with van der Waals surface area (Å²) in [6, 6.07) is 11.1. The molecule has 2 aromatic heterocycles. The average Bonchev–Trinajstić information content (AvgIpc) is 3.27. The summed E-state index contributed by atoms with van der Waals surface area (Å²) in [5.74, 6) is 0.457. The zero-order valence-corrected chi connectivity index (χ0v) is 19.6. The van der Waals surface area contributed by atoms with E-state index in [9.17, 15) is 14.9 Å². The highest BCUT2D eigenvalue weighted by Crippen LogP contribution is 2.27. The Morgan fingerprint density at radius 3 is 2.47 bits per heavy atom. The molecule has 0 saturated heterocycles. The molecule has 10 nitrogen and oxygen atoms in total. The number of aryl methyl sites for hydroxylation is 2. The molecule has 0 fully saturated rings. The number of nitro benzene ring substituents is 1. The number of nitrogens with zero attached hydrogens (tertiary/aromatic N) is 5. The van der Waals surface area contributed by atoms with Crippen molar-refractivity contribution in [3.63, 3.8) is 0 Å².